The lowest BCUT2D eigenvalue weighted by Crippen LogP contribution is -2.49. The summed E-state index contributed by atoms with van der Waals surface area (Å²) < 4.78 is 8.24. The Morgan fingerprint density at radius 1 is 1.37 bits per heavy atom. The van der Waals surface area contributed by atoms with Crippen LogP contribution in [-0.2, 0) is 9.53 Å². The Morgan fingerprint density at radius 2 is 2.21 bits per heavy atom. The van der Waals surface area contributed by atoms with Crippen LogP contribution in [0.2, 0.25) is 0 Å². The molecule has 5 nitrogen and oxygen atoms in total. The first kappa shape index (κ1) is 13.1. The van der Waals surface area contributed by atoms with Gasteiger partial charge in [0.1, 0.15) is 6.61 Å². The van der Waals surface area contributed by atoms with E-state index in [2.05, 4.69) is 21.0 Å². The van der Waals surface area contributed by atoms with Crippen molar-refractivity contribution in [2.24, 2.45) is 0 Å². The maximum absolute atomic E-state index is 11.9. The minimum absolute atomic E-state index is 0.138. The second-order valence-corrected chi connectivity index (χ2v) is 6.17. The number of carbonyl (C=O) groups excluding carboxylic acids is 1. The van der Waals surface area contributed by atoms with Crippen molar-refractivity contribution >= 4 is 21.8 Å². The molecule has 1 amide bonds. The number of hydrogen-bond acceptors (Lipinski definition) is 3. The van der Waals surface area contributed by atoms with Gasteiger partial charge in [-0.2, -0.15) is 5.10 Å². The zero-order valence-electron chi connectivity index (χ0n) is 10.8. The lowest BCUT2D eigenvalue weighted by Gasteiger charge is -2.39. The highest BCUT2D eigenvalue weighted by Crippen LogP contribution is 2.32. The molecule has 0 unspecified atom stereocenters. The van der Waals surface area contributed by atoms with E-state index < -0.39 is 0 Å². The van der Waals surface area contributed by atoms with Gasteiger partial charge in [0.05, 0.1) is 23.3 Å². The molecule has 1 saturated carbocycles. The molecule has 1 aromatic rings. The molecule has 2 atom stereocenters. The number of carbonyl (C=O) groups is 1. The highest BCUT2D eigenvalue weighted by molar-refractivity contribution is 9.10. The van der Waals surface area contributed by atoms with Crippen molar-refractivity contribution in [2.45, 2.75) is 37.8 Å². The van der Waals surface area contributed by atoms with Gasteiger partial charge in [-0.25, -0.2) is 0 Å². The Hall–Kier alpha value is -0.880. The van der Waals surface area contributed by atoms with Crippen LogP contribution >= 0.6 is 15.9 Å². The maximum atomic E-state index is 11.9. The van der Waals surface area contributed by atoms with E-state index in [9.17, 15) is 4.79 Å². The fraction of sp³-hybridized carbons (Fsp3) is 0.692. The highest BCUT2D eigenvalue weighted by atomic mass is 79.9. The summed E-state index contributed by atoms with van der Waals surface area (Å²) in [7, 11) is 0. The van der Waals surface area contributed by atoms with E-state index in [-0.39, 0.29) is 12.5 Å². The second-order valence-electron chi connectivity index (χ2n) is 5.25. The Kier molecular flexibility index (Phi) is 3.88. The molecule has 104 valence electrons. The molecule has 1 saturated heterocycles. The van der Waals surface area contributed by atoms with Gasteiger partial charge in [-0.1, -0.05) is 0 Å². The van der Waals surface area contributed by atoms with E-state index in [0.717, 1.165) is 36.7 Å². The number of morpholine rings is 1. The summed E-state index contributed by atoms with van der Waals surface area (Å²) in [5.41, 5.74) is 0. The number of amides is 1. The molecule has 0 aromatic carbocycles. The van der Waals surface area contributed by atoms with Gasteiger partial charge in [-0.3, -0.25) is 9.48 Å². The molecular weight excluding hydrogens is 310 g/mol. The van der Waals surface area contributed by atoms with Gasteiger partial charge in [0.2, 0.25) is 5.91 Å². The Labute approximate surface area is 121 Å². The highest BCUT2D eigenvalue weighted by Gasteiger charge is 2.32. The fourth-order valence-electron chi connectivity index (χ4n) is 3.09. The number of hydrogen-bond donors (Lipinski definition) is 0. The normalized spacial score (nSPS) is 28.7. The summed E-state index contributed by atoms with van der Waals surface area (Å²) in [4.78, 5) is 13.9. The SMILES string of the molecule is O=C1COCCN1[C@@H]1CCC[C@@H](n2cc(Br)cn2)C1. The van der Waals surface area contributed by atoms with Crippen molar-refractivity contribution < 1.29 is 9.53 Å². The Morgan fingerprint density at radius 3 is 2.95 bits per heavy atom. The van der Waals surface area contributed by atoms with Crippen LogP contribution in [0, 0.1) is 0 Å². The van der Waals surface area contributed by atoms with Gasteiger partial charge in [0.15, 0.2) is 0 Å². The first-order valence-corrected chi connectivity index (χ1v) is 7.60. The molecule has 3 rings (SSSR count). The molecule has 2 fully saturated rings. The van der Waals surface area contributed by atoms with E-state index in [4.69, 9.17) is 4.74 Å². The van der Waals surface area contributed by atoms with Crippen LogP contribution in [0.3, 0.4) is 0 Å². The summed E-state index contributed by atoms with van der Waals surface area (Å²) in [6.07, 6.45) is 8.24. The molecular formula is C13H18BrN3O2. The van der Waals surface area contributed by atoms with Crippen LogP contribution in [0.25, 0.3) is 0 Å². The molecule has 0 N–H and O–H groups in total. The molecule has 0 bridgehead atoms. The van der Waals surface area contributed by atoms with Crippen LogP contribution in [0.1, 0.15) is 31.7 Å². The number of nitrogens with zero attached hydrogens (tertiary/aromatic N) is 3. The standard InChI is InChI=1S/C13H18BrN3O2/c14-10-7-15-17(8-10)12-3-1-2-11(6-12)16-4-5-19-9-13(16)18/h7-8,11-12H,1-6,9H2/t11-,12-/m1/s1. The van der Waals surface area contributed by atoms with Gasteiger partial charge in [-0.15, -0.1) is 0 Å². The summed E-state index contributed by atoms with van der Waals surface area (Å²) in [6, 6.07) is 0.749. The van der Waals surface area contributed by atoms with Crippen LogP contribution in [0.5, 0.6) is 0 Å². The van der Waals surface area contributed by atoms with E-state index in [1.165, 1.54) is 0 Å². The van der Waals surface area contributed by atoms with Gasteiger partial charge >= 0.3 is 0 Å². The van der Waals surface area contributed by atoms with E-state index in [0.29, 0.717) is 18.7 Å². The minimum Gasteiger partial charge on any atom is -0.370 e. The molecule has 1 aliphatic carbocycles. The molecule has 2 heterocycles. The molecule has 19 heavy (non-hydrogen) atoms. The fourth-order valence-corrected chi connectivity index (χ4v) is 3.39. The molecule has 0 spiro atoms. The third-order valence-corrected chi connectivity index (χ3v) is 4.44. The third-order valence-electron chi connectivity index (χ3n) is 4.03. The predicted octanol–water partition coefficient (Wildman–Crippen LogP) is 1.99. The number of rotatable bonds is 2. The largest absolute Gasteiger partial charge is 0.370 e. The topological polar surface area (TPSA) is 47.4 Å². The van der Waals surface area contributed by atoms with Gasteiger partial charge in [0.25, 0.3) is 0 Å². The van der Waals surface area contributed by atoms with Crippen LogP contribution in [0.4, 0.5) is 0 Å². The van der Waals surface area contributed by atoms with E-state index in [1.807, 2.05) is 22.0 Å². The number of aromatic nitrogens is 2. The number of halogens is 1. The second kappa shape index (κ2) is 5.63. The zero-order chi connectivity index (χ0) is 13.2. The van der Waals surface area contributed by atoms with Crippen LogP contribution < -0.4 is 0 Å². The summed E-state index contributed by atoms with van der Waals surface area (Å²) in [5, 5.41) is 4.38. The molecule has 2 aliphatic rings. The van der Waals surface area contributed by atoms with Gasteiger partial charge < -0.3 is 9.64 Å². The monoisotopic (exact) mass is 327 g/mol. The first-order chi connectivity index (χ1) is 9.24. The van der Waals surface area contributed by atoms with Crippen molar-refractivity contribution in [2.75, 3.05) is 19.8 Å². The van der Waals surface area contributed by atoms with Crippen LogP contribution in [-0.4, -0.2) is 46.4 Å². The van der Waals surface area contributed by atoms with Crippen molar-refractivity contribution in [3.05, 3.63) is 16.9 Å². The first-order valence-electron chi connectivity index (χ1n) is 6.81. The number of ether oxygens (including phenoxy) is 1. The summed E-state index contributed by atoms with van der Waals surface area (Å²) >= 11 is 3.44. The summed E-state index contributed by atoms with van der Waals surface area (Å²) in [5.74, 6) is 0.138. The molecule has 0 radical (unpaired) electrons. The lowest BCUT2D eigenvalue weighted by atomic mass is 9.89. The predicted molar refractivity (Wildman–Crippen MR) is 73.8 cm³/mol. The Balaban J connectivity index is 1.69. The molecule has 1 aliphatic heterocycles. The molecule has 6 heteroatoms. The van der Waals surface area contributed by atoms with Crippen molar-refractivity contribution in [3.63, 3.8) is 0 Å². The zero-order valence-corrected chi connectivity index (χ0v) is 12.4. The quantitative estimate of drug-likeness (QED) is 0.834. The summed E-state index contributed by atoms with van der Waals surface area (Å²) in [6.45, 7) is 1.65. The third kappa shape index (κ3) is 2.84. The smallest absolute Gasteiger partial charge is 0.248 e. The van der Waals surface area contributed by atoms with Gasteiger partial charge in [0, 0.05) is 18.8 Å². The van der Waals surface area contributed by atoms with Crippen molar-refractivity contribution in [1.82, 2.24) is 14.7 Å². The minimum atomic E-state index is 0.138. The van der Waals surface area contributed by atoms with E-state index in [1.54, 1.807) is 0 Å². The average Bonchev–Trinajstić information content (AvgIpc) is 2.86. The average molecular weight is 328 g/mol. The van der Waals surface area contributed by atoms with E-state index >= 15 is 0 Å². The maximum Gasteiger partial charge on any atom is 0.248 e. The Bertz CT molecular complexity index is 462. The van der Waals surface area contributed by atoms with Crippen LogP contribution in [0.15, 0.2) is 16.9 Å². The lowest BCUT2D eigenvalue weighted by molar-refractivity contribution is -0.146. The van der Waals surface area contributed by atoms with Gasteiger partial charge in [-0.05, 0) is 41.6 Å². The van der Waals surface area contributed by atoms with Crippen molar-refractivity contribution in [1.29, 1.82) is 0 Å². The van der Waals surface area contributed by atoms with Crippen molar-refractivity contribution in [3.8, 4) is 0 Å². The molecule has 1 aromatic heterocycles.